The lowest BCUT2D eigenvalue weighted by molar-refractivity contribution is -0.151. The molecular weight excluding hydrogens is 521 g/mol. The van der Waals surface area contributed by atoms with Crippen LogP contribution in [0.4, 0.5) is 10.1 Å². The zero-order valence-electron chi connectivity index (χ0n) is 23.1. The average molecular weight is 554 g/mol. The fourth-order valence-electron chi connectivity index (χ4n) is 4.75. The number of carbonyl (C=O) groups excluding carboxylic acids is 2. The fraction of sp³-hybridized carbons (Fsp3) is 0.333. The molecule has 0 bridgehead atoms. The van der Waals surface area contributed by atoms with Gasteiger partial charge in [0.25, 0.3) is 5.91 Å². The molecule has 0 aromatic heterocycles. The molecule has 4 rings (SSSR count). The third-order valence-electron chi connectivity index (χ3n) is 6.60. The smallest absolute Gasteiger partial charge is 0.308 e. The molecule has 40 heavy (non-hydrogen) atoms. The standard InChI is InChI=1S/C30H32FNO8/c1-6-39-27(33)16-26-30(34)32(17-18-10-12-20(35-2)15-25(18)37-4)23-13-11-19(31)14-22(23)28(40-26)21-8-7-9-24(36-3)29(21)38-5/h7-15,26,28H,6,16-17H2,1-5H3/t26-,28-/m1/s1. The molecule has 0 saturated heterocycles. The quantitative estimate of drug-likeness (QED) is 0.330. The van der Waals surface area contributed by atoms with E-state index in [4.69, 9.17) is 28.4 Å². The molecule has 0 spiro atoms. The minimum absolute atomic E-state index is 0.0509. The van der Waals surface area contributed by atoms with Gasteiger partial charge in [-0.15, -0.1) is 0 Å². The van der Waals surface area contributed by atoms with Gasteiger partial charge in [0.05, 0.1) is 53.7 Å². The SMILES string of the molecule is CCOC(=O)C[C@H]1O[C@H](c2cccc(OC)c2OC)c2cc(F)ccc2N(Cc2ccc(OC)cc2OC)C1=O. The van der Waals surface area contributed by atoms with E-state index in [-0.39, 0.29) is 19.6 Å². The van der Waals surface area contributed by atoms with Gasteiger partial charge < -0.3 is 33.3 Å². The van der Waals surface area contributed by atoms with E-state index in [2.05, 4.69) is 0 Å². The summed E-state index contributed by atoms with van der Waals surface area (Å²) in [6.07, 6.45) is -2.58. The minimum Gasteiger partial charge on any atom is -0.497 e. The lowest BCUT2D eigenvalue weighted by atomic mass is 9.97. The first kappa shape index (κ1) is 28.7. The number of anilines is 1. The molecule has 0 fully saturated rings. The first-order chi connectivity index (χ1) is 19.3. The summed E-state index contributed by atoms with van der Waals surface area (Å²) in [6, 6.07) is 14.6. The second kappa shape index (κ2) is 12.7. The summed E-state index contributed by atoms with van der Waals surface area (Å²) < 4.78 is 48.3. The number of hydrogen-bond donors (Lipinski definition) is 0. The Labute approximate surface area is 232 Å². The van der Waals surface area contributed by atoms with Crippen molar-refractivity contribution in [2.45, 2.75) is 32.1 Å². The van der Waals surface area contributed by atoms with E-state index >= 15 is 0 Å². The Bertz CT molecular complexity index is 1380. The molecule has 0 aliphatic carbocycles. The molecule has 0 N–H and O–H groups in total. The number of hydrogen-bond acceptors (Lipinski definition) is 8. The molecule has 9 nitrogen and oxygen atoms in total. The number of amides is 1. The summed E-state index contributed by atoms with van der Waals surface area (Å²) in [5.74, 6) is 0.247. The Hall–Kier alpha value is -4.31. The van der Waals surface area contributed by atoms with Crippen LogP contribution in [0.25, 0.3) is 0 Å². The topological polar surface area (TPSA) is 92.8 Å². The van der Waals surface area contributed by atoms with Gasteiger partial charge in [0.2, 0.25) is 0 Å². The fourth-order valence-corrected chi connectivity index (χ4v) is 4.75. The first-order valence-corrected chi connectivity index (χ1v) is 12.7. The molecule has 0 radical (unpaired) electrons. The van der Waals surface area contributed by atoms with Crippen LogP contribution < -0.4 is 23.8 Å². The van der Waals surface area contributed by atoms with E-state index in [9.17, 15) is 14.0 Å². The molecular formula is C30H32FNO8. The maximum atomic E-state index is 14.8. The lowest BCUT2D eigenvalue weighted by Crippen LogP contribution is -2.40. The van der Waals surface area contributed by atoms with Crippen molar-refractivity contribution >= 4 is 17.6 Å². The Kier molecular flexibility index (Phi) is 9.11. The number of ether oxygens (including phenoxy) is 6. The van der Waals surface area contributed by atoms with E-state index in [0.29, 0.717) is 45.4 Å². The summed E-state index contributed by atoms with van der Waals surface area (Å²) in [7, 11) is 6.04. The number of rotatable bonds is 10. The molecule has 10 heteroatoms. The minimum atomic E-state index is -1.25. The van der Waals surface area contributed by atoms with Crippen molar-refractivity contribution in [3.05, 3.63) is 77.1 Å². The van der Waals surface area contributed by atoms with Gasteiger partial charge in [-0.1, -0.05) is 12.1 Å². The summed E-state index contributed by atoms with van der Waals surface area (Å²) in [6.45, 7) is 1.87. The van der Waals surface area contributed by atoms with Crippen molar-refractivity contribution in [1.29, 1.82) is 0 Å². The number of esters is 1. The number of fused-ring (bicyclic) bond motifs is 1. The second-order valence-corrected chi connectivity index (χ2v) is 8.90. The zero-order chi connectivity index (χ0) is 28.8. The molecule has 3 aromatic rings. The molecule has 3 aromatic carbocycles. The van der Waals surface area contributed by atoms with Gasteiger partial charge in [0.15, 0.2) is 11.5 Å². The number of methoxy groups -OCH3 is 4. The molecule has 212 valence electrons. The Morgan fingerprint density at radius 3 is 2.38 bits per heavy atom. The van der Waals surface area contributed by atoms with Gasteiger partial charge in [-0.3, -0.25) is 9.59 Å². The summed E-state index contributed by atoms with van der Waals surface area (Å²) in [4.78, 5) is 28.1. The van der Waals surface area contributed by atoms with Crippen molar-refractivity contribution in [2.24, 2.45) is 0 Å². The van der Waals surface area contributed by atoms with Crippen molar-refractivity contribution in [2.75, 3.05) is 39.9 Å². The monoisotopic (exact) mass is 553 g/mol. The van der Waals surface area contributed by atoms with Gasteiger partial charge in [0, 0.05) is 22.8 Å². The van der Waals surface area contributed by atoms with E-state index in [1.807, 2.05) is 0 Å². The third kappa shape index (κ3) is 5.81. The Morgan fingerprint density at radius 2 is 1.70 bits per heavy atom. The highest BCUT2D eigenvalue weighted by Gasteiger charge is 2.39. The van der Waals surface area contributed by atoms with E-state index < -0.39 is 29.9 Å². The first-order valence-electron chi connectivity index (χ1n) is 12.7. The number of carbonyl (C=O) groups is 2. The summed E-state index contributed by atoms with van der Waals surface area (Å²) in [5, 5.41) is 0. The zero-order valence-corrected chi connectivity index (χ0v) is 23.1. The molecule has 1 heterocycles. The maximum absolute atomic E-state index is 14.8. The molecule has 0 saturated carbocycles. The van der Waals surface area contributed by atoms with Gasteiger partial charge >= 0.3 is 5.97 Å². The molecule has 1 aliphatic rings. The molecule has 0 unspecified atom stereocenters. The van der Waals surface area contributed by atoms with Gasteiger partial charge in [-0.25, -0.2) is 4.39 Å². The number of benzene rings is 3. The number of halogens is 1. The number of nitrogens with zero attached hydrogens (tertiary/aromatic N) is 1. The van der Waals surface area contributed by atoms with Crippen LogP contribution in [0.2, 0.25) is 0 Å². The van der Waals surface area contributed by atoms with Crippen LogP contribution in [0.1, 0.15) is 36.1 Å². The largest absolute Gasteiger partial charge is 0.497 e. The molecule has 1 aliphatic heterocycles. The van der Waals surface area contributed by atoms with Crippen LogP contribution in [0.3, 0.4) is 0 Å². The predicted molar refractivity (Wildman–Crippen MR) is 145 cm³/mol. The van der Waals surface area contributed by atoms with Crippen LogP contribution in [0, 0.1) is 5.82 Å². The van der Waals surface area contributed by atoms with Gasteiger partial charge in [-0.05, 0) is 43.3 Å². The molecule has 1 amide bonds. The highest BCUT2D eigenvalue weighted by molar-refractivity contribution is 6.00. The average Bonchev–Trinajstić information content (AvgIpc) is 3.07. The normalized spacial score (nSPS) is 16.6. The van der Waals surface area contributed by atoms with Crippen LogP contribution in [0.5, 0.6) is 23.0 Å². The van der Waals surface area contributed by atoms with E-state index in [1.54, 1.807) is 50.4 Å². The van der Waals surface area contributed by atoms with E-state index in [0.717, 1.165) is 0 Å². The van der Waals surface area contributed by atoms with Crippen LogP contribution >= 0.6 is 0 Å². The number of para-hydroxylation sites is 1. The maximum Gasteiger partial charge on any atom is 0.308 e. The van der Waals surface area contributed by atoms with Crippen molar-refractivity contribution < 1.29 is 42.4 Å². The van der Waals surface area contributed by atoms with Crippen molar-refractivity contribution in [3.8, 4) is 23.0 Å². The Morgan fingerprint density at radius 1 is 0.925 bits per heavy atom. The van der Waals surface area contributed by atoms with Crippen molar-refractivity contribution in [1.82, 2.24) is 0 Å². The van der Waals surface area contributed by atoms with Crippen molar-refractivity contribution in [3.63, 3.8) is 0 Å². The lowest BCUT2D eigenvalue weighted by Gasteiger charge is -2.26. The predicted octanol–water partition coefficient (Wildman–Crippen LogP) is 4.83. The highest BCUT2D eigenvalue weighted by Crippen LogP contribution is 2.45. The van der Waals surface area contributed by atoms with Gasteiger partial charge in [0.1, 0.15) is 29.5 Å². The molecule has 2 atom stereocenters. The highest BCUT2D eigenvalue weighted by atomic mass is 19.1. The van der Waals surface area contributed by atoms with Crippen LogP contribution in [0.15, 0.2) is 54.6 Å². The third-order valence-corrected chi connectivity index (χ3v) is 6.60. The van der Waals surface area contributed by atoms with E-state index in [1.165, 1.54) is 44.4 Å². The second-order valence-electron chi connectivity index (χ2n) is 8.90. The van der Waals surface area contributed by atoms with Crippen LogP contribution in [-0.4, -0.2) is 53.0 Å². The summed E-state index contributed by atoms with van der Waals surface area (Å²) in [5.41, 5.74) is 1.95. The summed E-state index contributed by atoms with van der Waals surface area (Å²) >= 11 is 0. The Balaban J connectivity index is 1.90. The van der Waals surface area contributed by atoms with Crippen LogP contribution in [-0.2, 0) is 25.6 Å². The van der Waals surface area contributed by atoms with Gasteiger partial charge in [-0.2, -0.15) is 0 Å².